The summed E-state index contributed by atoms with van der Waals surface area (Å²) in [6.07, 6.45) is -0.110. The molecule has 0 spiro atoms. The molecular weight excluding hydrogens is 374 g/mol. The van der Waals surface area contributed by atoms with Gasteiger partial charge in [-0.3, -0.25) is 4.79 Å². The summed E-state index contributed by atoms with van der Waals surface area (Å²) in [6.45, 7) is 0. The molecule has 7 nitrogen and oxygen atoms in total. The SMILES string of the molecule is COc1ccc(C(NC(=O)Cc2c(OC)cccc2OC)C(=O)O)cc1Cl. The number of amides is 1. The van der Waals surface area contributed by atoms with Crippen molar-refractivity contribution in [2.24, 2.45) is 0 Å². The number of rotatable bonds is 8. The highest BCUT2D eigenvalue weighted by Crippen LogP contribution is 2.30. The summed E-state index contributed by atoms with van der Waals surface area (Å²) in [5.41, 5.74) is 0.852. The number of carboxylic acids is 1. The van der Waals surface area contributed by atoms with E-state index in [0.29, 0.717) is 28.4 Å². The topological polar surface area (TPSA) is 94.1 Å². The number of methoxy groups -OCH3 is 3. The molecule has 2 aromatic rings. The van der Waals surface area contributed by atoms with Crippen LogP contribution < -0.4 is 19.5 Å². The van der Waals surface area contributed by atoms with Crippen LogP contribution in [0.3, 0.4) is 0 Å². The van der Waals surface area contributed by atoms with Crippen LogP contribution in [0.15, 0.2) is 36.4 Å². The van der Waals surface area contributed by atoms with Crippen molar-refractivity contribution in [2.75, 3.05) is 21.3 Å². The Morgan fingerprint density at radius 2 is 1.63 bits per heavy atom. The highest BCUT2D eigenvalue weighted by molar-refractivity contribution is 6.32. The second kappa shape index (κ2) is 9.14. The molecule has 0 aliphatic rings. The minimum Gasteiger partial charge on any atom is -0.496 e. The third-order valence-corrected chi connectivity index (χ3v) is 4.22. The number of benzene rings is 2. The van der Waals surface area contributed by atoms with Gasteiger partial charge >= 0.3 is 5.97 Å². The fourth-order valence-corrected chi connectivity index (χ4v) is 2.89. The van der Waals surface area contributed by atoms with Crippen molar-refractivity contribution in [3.8, 4) is 17.2 Å². The maximum absolute atomic E-state index is 12.5. The highest BCUT2D eigenvalue weighted by Gasteiger charge is 2.24. The summed E-state index contributed by atoms with van der Waals surface area (Å²) in [6, 6.07) is 8.39. The van der Waals surface area contributed by atoms with Gasteiger partial charge in [0.25, 0.3) is 0 Å². The first-order valence-electron chi connectivity index (χ1n) is 7.96. The molecule has 1 unspecified atom stereocenters. The zero-order chi connectivity index (χ0) is 20.0. The summed E-state index contributed by atoms with van der Waals surface area (Å²) < 4.78 is 15.6. The predicted molar refractivity (Wildman–Crippen MR) is 99.8 cm³/mol. The van der Waals surface area contributed by atoms with Crippen molar-refractivity contribution >= 4 is 23.5 Å². The molecular formula is C19H20ClNO6. The minimum absolute atomic E-state index is 0.110. The molecule has 2 rings (SSSR count). The van der Waals surface area contributed by atoms with Crippen LogP contribution in [0, 0.1) is 0 Å². The van der Waals surface area contributed by atoms with E-state index in [9.17, 15) is 14.7 Å². The maximum Gasteiger partial charge on any atom is 0.330 e. The Kier molecular flexibility index (Phi) is 6.90. The number of carboxylic acid groups (broad SMARTS) is 1. The van der Waals surface area contributed by atoms with E-state index in [2.05, 4.69) is 5.32 Å². The molecule has 1 atom stereocenters. The quantitative estimate of drug-likeness (QED) is 0.716. The van der Waals surface area contributed by atoms with Crippen LogP contribution in [0.2, 0.25) is 5.02 Å². The average Bonchev–Trinajstić information content (AvgIpc) is 2.65. The van der Waals surface area contributed by atoms with Crippen molar-refractivity contribution in [2.45, 2.75) is 12.5 Å². The molecule has 0 radical (unpaired) electrons. The molecule has 0 bridgehead atoms. The molecule has 0 saturated heterocycles. The molecule has 2 N–H and O–H groups in total. The van der Waals surface area contributed by atoms with E-state index in [-0.39, 0.29) is 11.4 Å². The smallest absolute Gasteiger partial charge is 0.330 e. The van der Waals surface area contributed by atoms with E-state index in [0.717, 1.165) is 0 Å². The van der Waals surface area contributed by atoms with Crippen molar-refractivity contribution in [1.82, 2.24) is 5.32 Å². The molecule has 0 heterocycles. The zero-order valence-corrected chi connectivity index (χ0v) is 15.9. The van der Waals surface area contributed by atoms with Crippen LogP contribution in [-0.4, -0.2) is 38.3 Å². The van der Waals surface area contributed by atoms with Gasteiger partial charge in [0.05, 0.1) is 32.8 Å². The summed E-state index contributed by atoms with van der Waals surface area (Å²) >= 11 is 6.06. The van der Waals surface area contributed by atoms with E-state index < -0.39 is 17.9 Å². The Bertz CT molecular complexity index is 817. The Morgan fingerprint density at radius 1 is 1.04 bits per heavy atom. The van der Waals surface area contributed by atoms with Crippen molar-refractivity contribution < 1.29 is 28.9 Å². The van der Waals surface area contributed by atoms with E-state index in [1.165, 1.54) is 33.5 Å². The van der Waals surface area contributed by atoms with Gasteiger partial charge in [0.1, 0.15) is 17.2 Å². The van der Waals surface area contributed by atoms with Crippen LogP contribution >= 0.6 is 11.6 Å². The first-order valence-corrected chi connectivity index (χ1v) is 8.34. The molecule has 1 amide bonds. The van der Waals surface area contributed by atoms with Crippen LogP contribution in [0.25, 0.3) is 0 Å². The summed E-state index contributed by atoms with van der Waals surface area (Å²) in [5.74, 6) is -0.351. The van der Waals surface area contributed by atoms with E-state index >= 15 is 0 Å². The Morgan fingerprint density at radius 3 is 2.11 bits per heavy atom. The maximum atomic E-state index is 12.5. The van der Waals surface area contributed by atoms with Gasteiger partial charge in [-0.2, -0.15) is 0 Å². The number of aliphatic carboxylic acids is 1. The van der Waals surface area contributed by atoms with Gasteiger partial charge in [-0.1, -0.05) is 23.7 Å². The molecule has 0 aromatic heterocycles. The van der Waals surface area contributed by atoms with Gasteiger partial charge in [0, 0.05) is 5.56 Å². The normalized spacial score (nSPS) is 11.4. The standard InChI is InChI=1S/C19H20ClNO6/c1-25-14-5-4-6-15(26-2)12(14)10-17(22)21-18(19(23)24)11-7-8-16(27-3)13(20)9-11/h4-9,18H,10H2,1-3H3,(H,21,22)(H,23,24). The molecule has 0 aliphatic heterocycles. The van der Waals surface area contributed by atoms with Gasteiger partial charge in [-0.15, -0.1) is 0 Å². The Labute approximate surface area is 161 Å². The first kappa shape index (κ1) is 20.4. The Hall–Kier alpha value is -2.93. The molecule has 8 heteroatoms. The lowest BCUT2D eigenvalue weighted by atomic mass is 10.0. The molecule has 0 fully saturated rings. The van der Waals surface area contributed by atoms with Crippen molar-refractivity contribution in [3.05, 3.63) is 52.5 Å². The van der Waals surface area contributed by atoms with Crippen LogP contribution in [0.1, 0.15) is 17.2 Å². The number of halogens is 1. The lowest BCUT2D eigenvalue weighted by Crippen LogP contribution is -2.34. The molecule has 27 heavy (non-hydrogen) atoms. The van der Waals surface area contributed by atoms with Gasteiger partial charge in [-0.25, -0.2) is 4.79 Å². The molecule has 0 saturated carbocycles. The van der Waals surface area contributed by atoms with Crippen molar-refractivity contribution in [1.29, 1.82) is 0 Å². The number of carbonyl (C=O) groups excluding carboxylic acids is 1. The fraction of sp³-hybridized carbons (Fsp3) is 0.263. The number of hydrogen-bond acceptors (Lipinski definition) is 5. The summed E-state index contributed by atoms with van der Waals surface area (Å²) in [7, 11) is 4.42. The fourth-order valence-electron chi connectivity index (χ4n) is 2.62. The van der Waals surface area contributed by atoms with Crippen molar-refractivity contribution in [3.63, 3.8) is 0 Å². The van der Waals surface area contributed by atoms with E-state index in [1.54, 1.807) is 24.3 Å². The number of hydrogen-bond donors (Lipinski definition) is 2. The van der Waals surface area contributed by atoms with Gasteiger partial charge in [0.15, 0.2) is 6.04 Å². The number of carbonyl (C=O) groups is 2. The molecule has 144 valence electrons. The predicted octanol–water partition coefficient (Wildman–Crippen LogP) is 2.85. The Balaban J connectivity index is 2.24. The van der Waals surface area contributed by atoms with E-state index in [4.69, 9.17) is 25.8 Å². The largest absolute Gasteiger partial charge is 0.496 e. The lowest BCUT2D eigenvalue weighted by Gasteiger charge is -2.17. The van der Waals surface area contributed by atoms with E-state index in [1.807, 2.05) is 0 Å². The zero-order valence-electron chi connectivity index (χ0n) is 15.1. The van der Waals surface area contributed by atoms with Crippen LogP contribution in [-0.2, 0) is 16.0 Å². The van der Waals surface area contributed by atoms with Crippen LogP contribution in [0.5, 0.6) is 17.2 Å². The molecule has 0 aliphatic carbocycles. The summed E-state index contributed by atoms with van der Waals surface area (Å²) in [5, 5.41) is 12.3. The van der Waals surface area contributed by atoms with Crippen LogP contribution in [0.4, 0.5) is 0 Å². The first-order chi connectivity index (χ1) is 12.9. The number of ether oxygens (including phenoxy) is 3. The third kappa shape index (κ3) is 4.83. The average molecular weight is 394 g/mol. The monoisotopic (exact) mass is 393 g/mol. The second-order valence-corrected chi connectivity index (χ2v) is 5.96. The highest BCUT2D eigenvalue weighted by atomic mass is 35.5. The number of nitrogens with one attached hydrogen (secondary N) is 1. The van der Waals surface area contributed by atoms with Gasteiger partial charge < -0.3 is 24.6 Å². The minimum atomic E-state index is -1.26. The summed E-state index contributed by atoms with van der Waals surface area (Å²) in [4.78, 5) is 24.2. The third-order valence-electron chi connectivity index (χ3n) is 3.93. The molecule has 2 aromatic carbocycles. The second-order valence-electron chi connectivity index (χ2n) is 5.55. The van der Waals surface area contributed by atoms with Gasteiger partial charge in [-0.05, 0) is 29.8 Å². The van der Waals surface area contributed by atoms with Gasteiger partial charge in [0.2, 0.25) is 5.91 Å². The lowest BCUT2D eigenvalue weighted by molar-refractivity contribution is -0.142.